The first-order chi connectivity index (χ1) is 11.5. The molecule has 1 atom stereocenters. The number of hydrogen-bond acceptors (Lipinski definition) is 4. The summed E-state index contributed by atoms with van der Waals surface area (Å²) in [5.41, 5.74) is 4.02. The van der Waals surface area contributed by atoms with Crippen LogP contribution in [0.1, 0.15) is 0 Å². The largest absolute Gasteiger partial charge is 0.439 e. The van der Waals surface area contributed by atoms with Gasteiger partial charge in [-0.1, -0.05) is 41.4 Å². The van der Waals surface area contributed by atoms with Crippen LogP contribution in [0, 0.1) is 0 Å². The van der Waals surface area contributed by atoms with E-state index in [2.05, 4.69) is 21.4 Å². The summed E-state index contributed by atoms with van der Waals surface area (Å²) in [6.07, 6.45) is 0. The fourth-order valence-corrected chi connectivity index (χ4v) is 4.34. The minimum absolute atomic E-state index is 0.411. The monoisotopic (exact) mass is 507 g/mol. The average molecular weight is 509 g/mol. The summed E-state index contributed by atoms with van der Waals surface area (Å²) in [6.45, 7) is -2.66. The Labute approximate surface area is 168 Å². The molecule has 0 aromatic heterocycles. The first-order valence-electron chi connectivity index (χ1n) is 6.36. The number of rotatable bonds is 4. The highest BCUT2D eigenvalue weighted by molar-refractivity contribution is 9.10. The molecule has 12 heteroatoms. The van der Waals surface area contributed by atoms with Gasteiger partial charge in [0.25, 0.3) is 6.49 Å². The van der Waals surface area contributed by atoms with Gasteiger partial charge >= 0.3 is 7.75 Å². The predicted molar refractivity (Wildman–Crippen MR) is 108 cm³/mol. The van der Waals surface area contributed by atoms with Crippen LogP contribution in [0.25, 0.3) is 0 Å². The molecule has 0 fully saturated rings. The fraction of sp³-hybridized carbons (Fsp3) is 0.0769. The van der Waals surface area contributed by atoms with Crippen LogP contribution in [-0.4, -0.2) is 16.9 Å². The van der Waals surface area contributed by atoms with E-state index in [0.717, 1.165) is 5.30 Å². The molecule has 0 amide bonds. The standard InChI is InChI=1S/C13H10BrCl2O2PS.H4NO3P/c1-17-19(20,9-5-3-2-4-6-9)18-13-8-11(15)10(14)7-12(13)16;1-5(2,3)4/h2-8H,1H3;(H4,1,2,3,4). The lowest BCUT2D eigenvalue weighted by Gasteiger charge is -2.22. The molecule has 25 heavy (non-hydrogen) atoms. The van der Waals surface area contributed by atoms with Crippen molar-refractivity contribution in [2.45, 2.75) is 0 Å². The van der Waals surface area contributed by atoms with Gasteiger partial charge < -0.3 is 18.8 Å². The molecule has 1 unspecified atom stereocenters. The second-order valence-corrected chi connectivity index (χ2v) is 10.7. The minimum Gasteiger partial charge on any atom is -0.439 e. The van der Waals surface area contributed by atoms with Gasteiger partial charge in [-0.2, -0.15) is 0 Å². The first-order valence-corrected chi connectivity index (χ1v) is 12.2. The van der Waals surface area contributed by atoms with E-state index >= 15 is 0 Å². The van der Waals surface area contributed by atoms with Crippen LogP contribution in [0.2, 0.25) is 10.0 Å². The summed E-state index contributed by atoms with van der Waals surface area (Å²) in [7, 11) is -2.61. The van der Waals surface area contributed by atoms with Crippen molar-refractivity contribution in [3.8, 4) is 5.75 Å². The molecule has 2 aromatic carbocycles. The van der Waals surface area contributed by atoms with Gasteiger partial charge in [-0.15, -0.1) is 0 Å². The molecule has 4 N–H and O–H groups in total. The molecular formula is C13H14BrCl2NO5P2S. The Morgan fingerprint density at radius 1 is 1.16 bits per heavy atom. The van der Waals surface area contributed by atoms with Crippen molar-refractivity contribution in [1.82, 2.24) is 0 Å². The number of benzene rings is 2. The van der Waals surface area contributed by atoms with Crippen molar-refractivity contribution >= 4 is 70.5 Å². The van der Waals surface area contributed by atoms with Gasteiger partial charge in [0.2, 0.25) is 0 Å². The zero-order valence-corrected chi connectivity index (χ0v) is 18.4. The maximum Gasteiger partial charge on any atom is 0.397 e. The average Bonchev–Trinajstić information content (AvgIpc) is 2.52. The van der Waals surface area contributed by atoms with Crippen LogP contribution < -0.4 is 15.3 Å². The van der Waals surface area contributed by atoms with Crippen molar-refractivity contribution in [3.63, 3.8) is 0 Å². The van der Waals surface area contributed by atoms with Gasteiger partial charge in [-0.05, 0) is 45.9 Å². The van der Waals surface area contributed by atoms with Gasteiger partial charge in [-0.3, -0.25) is 0 Å². The summed E-state index contributed by atoms with van der Waals surface area (Å²) >= 11 is 21.1. The summed E-state index contributed by atoms with van der Waals surface area (Å²) in [5, 5.41) is 1.73. The maximum atomic E-state index is 9.10. The van der Waals surface area contributed by atoms with Crippen molar-refractivity contribution in [3.05, 3.63) is 57.0 Å². The lowest BCUT2D eigenvalue weighted by atomic mass is 10.3. The SMILES string of the molecule is COP(=S)(Oc1cc(Cl)c(Br)cc1Cl)c1ccccc1.NP(=O)(O)O. The second kappa shape index (κ2) is 9.81. The summed E-state index contributed by atoms with van der Waals surface area (Å²) in [4.78, 5) is 14.8. The summed E-state index contributed by atoms with van der Waals surface area (Å²) < 4.78 is 21.1. The third-order valence-corrected chi connectivity index (χ3v) is 7.15. The molecule has 0 radical (unpaired) electrons. The highest BCUT2D eigenvalue weighted by Gasteiger charge is 2.23. The van der Waals surface area contributed by atoms with Crippen molar-refractivity contribution < 1.29 is 23.4 Å². The molecule has 0 aliphatic carbocycles. The molecule has 0 bridgehead atoms. The first kappa shape index (κ1) is 23.1. The summed E-state index contributed by atoms with van der Waals surface area (Å²) in [6, 6.07) is 12.7. The zero-order chi connectivity index (χ0) is 19.3. The smallest absolute Gasteiger partial charge is 0.397 e. The van der Waals surface area contributed by atoms with E-state index in [1.54, 1.807) is 12.1 Å². The van der Waals surface area contributed by atoms with Crippen molar-refractivity contribution in [1.29, 1.82) is 0 Å². The molecule has 0 aliphatic heterocycles. The van der Waals surface area contributed by atoms with Gasteiger partial charge in [0.05, 0.1) is 10.0 Å². The van der Waals surface area contributed by atoms with Crippen LogP contribution in [-0.2, 0) is 20.9 Å². The Bertz CT molecular complexity index is 813. The van der Waals surface area contributed by atoms with Crippen molar-refractivity contribution in [2.24, 2.45) is 5.50 Å². The Hall–Kier alpha value is 0.0200. The van der Waals surface area contributed by atoms with Crippen LogP contribution >= 0.6 is 53.4 Å². The van der Waals surface area contributed by atoms with Gasteiger partial charge in [0.15, 0.2) is 0 Å². The van der Waals surface area contributed by atoms with Crippen LogP contribution in [0.4, 0.5) is 0 Å². The third kappa shape index (κ3) is 8.06. The van der Waals surface area contributed by atoms with E-state index < -0.39 is 14.2 Å². The number of hydrogen-bond donors (Lipinski definition) is 3. The summed E-state index contributed by atoms with van der Waals surface area (Å²) in [5.74, 6) is 0.411. The van der Waals surface area contributed by atoms with Crippen LogP contribution in [0.5, 0.6) is 5.75 Å². The molecule has 0 spiro atoms. The van der Waals surface area contributed by atoms with E-state index in [1.165, 1.54) is 7.11 Å². The molecule has 0 saturated heterocycles. The molecule has 138 valence electrons. The number of nitrogens with two attached hydrogens (primary N) is 1. The van der Waals surface area contributed by atoms with Crippen LogP contribution in [0.15, 0.2) is 46.9 Å². The minimum atomic E-state index is -4.14. The molecule has 0 aliphatic rings. The van der Waals surface area contributed by atoms with Gasteiger partial charge in [0, 0.05) is 23.0 Å². The molecule has 0 heterocycles. The highest BCUT2D eigenvalue weighted by atomic mass is 79.9. The molecule has 2 aromatic rings. The Morgan fingerprint density at radius 3 is 2.16 bits per heavy atom. The van der Waals surface area contributed by atoms with E-state index in [-0.39, 0.29) is 0 Å². The molecule has 0 saturated carbocycles. The Kier molecular flexibility index (Phi) is 9.05. The fourth-order valence-electron chi connectivity index (χ4n) is 1.51. The molecule has 2 rings (SSSR count). The lowest BCUT2D eigenvalue weighted by molar-refractivity contribution is 0.374. The van der Waals surface area contributed by atoms with E-state index in [9.17, 15) is 0 Å². The van der Waals surface area contributed by atoms with E-state index in [1.807, 2.05) is 30.3 Å². The van der Waals surface area contributed by atoms with Gasteiger partial charge in [-0.25, -0.2) is 10.1 Å². The van der Waals surface area contributed by atoms with Gasteiger partial charge in [0.1, 0.15) is 5.75 Å². The Balaban J connectivity index is 0.000000550. The Morgan fingerprint density at radius 2 is 1.68 bits per heavy atom. The molecular weight excluding hydrogens is 495 g/mol. The van der Waals surface area contributed by atoms with Crippen LogP contribution in [0.3, 0.4) is 0 Å². The molecule has 6 nitrogen and oxygen atoms in total. The lowest BCUT2D eigenvalue weighted by Crippen LogP contribution is -2.10. The third-order valence-electron chi connectivity index (χ3n) is 2.51. The number of halogens is 3. The van der Waals surface area contributed by atoms with Crippen molar-refractivity contribution in [2.75, 3.05) is 7.11 Å². The topological polar surface area (TPSA) is 102 Å². The zero-order valence-electron chi connectivity index (χ0n) is 12.7. The maximum absolute atomic E-state index is 9.10. The predicted octanol–water partition coefficient (Wildman–Crippen LogP) is 4.45. The quantitative estimate of drug-likeness (QED) is 0.414. The second-order valence-electron chi connectivity index (χ2n) is 4.39. The normalized spacial score (nSPS) is 13.4. The van der Waals surface area contributed by atoms with E-state index in [4.69, 9.17) is 58.4 Å². The highest BCUT2D eigenvalue weighted by Crippen LogP contribution is 2.49. The van der Waals surface area contributed by atoms with E-state index in [0.29, 0.717) is 20.3 Å².